The summed E-state index contributed by atoms with van der Waals surface area (Å²) >= 11 is 0. The van der Waals surface area contributed by atoms with Crippen LogP contribution in [-0.2, 0) is 7.05 Å². The molecule has 2 aromatic rings. The molecule has 1 heterocycles. The number of nitrogens with zero attached hydrogens (tertiary/aromatic N) is 2. The van der Waals surface area contributed by atoms with Crippen LogP contribution >= 0.6 is 0 Å². The van der Waals surface area contributed by atoms with Gasteiger partial charge in [0, 0.05) is 19.8 Å². The van der Waals surface area contributed by atoms with E-state index in [1.165, 1.54) is 6.20 Å². The Balaban J connectivity index is 1.89. The lowest BCUT2D eigenvalue weighted by molar-refractivity contribution is 0.0916. The highest BCUT2D eigenvalue weighted by Crippen LogP contribution is 2.18. The molecule has 118 valence electrons. The third kappa shape index (κ3) is 4.33. The number of carbonyl (C=O) groups excluding carboxylic acids is 1. The first-order chi connectivity index (χ1) is 10.5. The van der Waals surface area contributed by atoms with Crippen LogP contribution in [0.3, 0.4) is 0 Å². The average molecular weight is 303 g/mol. The third-order valence-electron chi connectivity index (χ3n) is 3.06. The molecule has 0 fully saturated rings. The second kappa shape index (κ2) is 7.09. The van der Waals surface area contributed by atoms with Gasteiger partial charge in [0.25, 0.3) is 5.91 Å². The minimum absolute atomic E-state index is 0.106. The van der Waals surface area contributed by atoms with Gasteiger partial charge >= 0.3 is 0 Å². The van der Waals surface area contributed by atoms with Crippen molar-refractivity contribution < 1.29 is 14.6 Å². The largest absolute Gasteiger partial charge is 0.491 e. The molecule has 0 aliphatic carbocycles. The number of amides is 1. The summed E-state index contributed by atoms with van der Waals surface area (Å²) in [6.07, 6.45) is 2.45. The molecule has 0 bridgehead atoms. The van der Waals surface area contributed by atoms with Crippen molar-refractivity contribution in [3.8, 4) is 5.75 Å². The van der Waals surface area contributed by atoms with Crippen molar-refractivity contribution >= 4 is 5.91 Å². The Labute approximate surface area is 129 Å². The normalized spacial score (nSPS) is 12.2. The van der Waals surface area contributed by atoms with Crippen molar-refractivity contribution in [2.45, 2.75) is 26.1 Å². The van der Waals surface area contributed by atoms with E-state index in [-0.39, 0.29) is 18.6 Å². The molecule has 0 saturated heterocycles. The molecular weight excluding hydrogens is 282 g/mol. The molecule has 0 aliphatic heterocycles. The zero-order valence-corrected chi connectivity index (χ0v) is 13.0. The summed E-state index contributed by atoms with van der Waals surface area (Å²) in [5.41, 5.74) is 1.19. The number of benzene rings is 1. The van der Waals surface area contributed by atoms with Gasteiger partial charge in [-0.15, -0.1) is 0 Å². The van der Waals surface area contributed by atoms with E-state index < -0.39 is 6.10 Å². The molecule has 6 nitrogen and oxygen atoms in total. The number of aryl methyl sites for hydroxylation is 1. The van der Waals surface area contributed by atoms with E-state index in [0.29, 0.717) is 5.56 Å². The number of rotatable bonds is 6. The van der Waals surface area contributed by atoms with Gasteiger partial charge in [0.1, 0.15) is 5.75 Å². The van der Waals surface area contributed by atoms with Gasteiger partial charge in [-0.05, 0) is 31.5 Å². The molecule has 1 unspecified atom stereocenters. The predicted octanol–water partition coefficient (Wildman–Crippen LogP) is 1.67. The van der Waals surface area contributed by atoms with Crippen molar-refractivity contribution in [2.24, 2.45) is 7.05 Å². The van der Waals surface area contributed by atoms with Gasteiger partial charge in [-0.3, -0.25) is 9.48 Å². The first kappa shape index (κ1) is 16.0. The van der Waals surface area contributed by atoms with E-state index in [1.54, 1.807) is 30.1 Å². The van der Waals surface area contributed by atoms with E-state index in [4.69, 9.17) is 4.74 Å². The van der Waals surface area contributed by atoms with E-state index in [0.717, 1.165) is 11.3 Å². The molecule has 0 aliphatic rings. The van der Waals surface area contributed by atoms with Crippen LogP contribution in [-0.4, -0.2) is 33.4 Å². The zero-order valence-electron chi connectivity index (χ0n) is 13.0. The van der Waals surface area contributed by atoms with Gasteiger partial charge in [0.05, 0.1) is 24.0 Å². The summed E-state index contributed by atoms with van der Waals surface area (Å²) in [6, 6.07) is 7.19. The Bertz CT molecular complexity index is 620. The van der Waals surface area contributed by atoms with Crippen LogP contribution in [0.5, 0.6) is 5.75 Å². The Morgan fingerprint density at radius 1 is 1.36 bits per heavy atom. The van der Waals surface area contributed by atoms with E-state index in [2.05, 4.69) is 10.4 Å². The topological polar surface area (TPSA) is 76.4 Å². The van der Waals surface area contributed by atoms with Crippen molar-refractivity contribution in [3.63, 3.8) is 0 Å². The lowest BCUT2D eigenvalue weighted by atomic mass is 10.1. The standard InChI is InChI=1S/C16H21N3O3/c1-11(2)22-14-6-4-12(5-7-14)15(20)9-17-16(21)13-8-18-19(3)10-13/h4-8,10-11,15,20H,9H2,1-3H3,(H,17,21). The number of ether oxygens (including phenoxy) is 1. The molecule has 1 atom stereocenters. The minimum atomic E-state index is -0.770. The number of carbonyl (C=O) groups is 1. The Hall–Kier alpha value is -2.34. The highest BCUT2D eigenvalue weighted by atomic mass is 16.5. The molecule has 0 spiro atoms. The fraction of sp³-hybridized carbons (Fsp3) is 0.375. The Kier molecular flexibility index (Phi) is 5.16. The lowest BCUT2D eigenvalue weighted by Gasteiger charge is -2.14. The lowest BCUT2D eigenvalue weighted by Crippen LogP contribution is -2.28. The molecule has 1 aromatic heterocycles. The smallest absolute Gasteiger partial charge is 0.254 e. The average Bonchev–Trinajstić information content (AvgIpc) is 2.91. The third-order valence-corrected chi connectivity index (χ3v) is 3.06. The molecule has 0 radical (unpaired) electrons. The van der Waals surface area contributed by atoms with Crippen LogP contribution < -0.4 is 10.1 Å². The fourth-order valence-corrected chi connectivity index (χ4v) is 1.99. The number of hydrogen-bond acceptors (Lipinski definition) is 4. The quantitative estimate of drug-likeness (QED) is 0.851. The van der Waals surface area contributed by atoms with Crippen LogP contribution in [0.15, 0.2) is 36.7 Å². The summed E-state index contributed by atoms with van der Waals surface area (Å²) in [5.74, 6) is 0.497. The summed E-state index contributed by atoms with van der Waals surface area (Å²) in [7, 11) is 1.74. The predicted molar refractivity (Wildman–Crippen MR) is 82.7 cm³/mol. The Morgan fingerprint density at radius 2 is 2.05 bits per heavy atom. The molecule has 1 aromatic carbocycles. The number of aromatic nitrogens is 2. The van der Waals surface area contributed by atoms with Crippen molar-refractivity contribution in [3.05, 3.63) is 47.8 Å². The molecule has 6 heteroatoms. The van der Waals surface area contributed by atoms with Gasteiger partial charge < -0.3 is 15.2 Å². The first-order valence-corrected chi connectivity index (χ1v) is 7.17. The van der Waals surface area contributed by atoms with Crippen LogP contribution in [0.1, 0.15) is 35.9 Å². The monoisotopic (exact) mass is 303 g/mol. The van der Waals surface area contributed by atoms with Gasteiger partial charge in [-0.2, -0.15) is 5.10 Å². The fourth-order valence-electron chi connectivity index (χ4n) is 1.99. The summed E-state index contributed by atoms with van der Waals surface area (Å²) in [5, 5.41) is 16.7. The van der Waals surface area contributed by atoms with Crippen LogP contribution in [0.2, 0.25) is 0 Å². The molecule has 22 heavy (non-hydrogen) atoms. The maximum Gasteiger partial charge on any atom is 0.254 e. The molecular formula is C16H21N3O3. The SMILES string of the molecule is CC(C)Oc1ccc(C(O)CNC(=O)c2cnn(C)c2)cc1. The highest BCUT2D eigenvalue weighted by Gasteiger charge is 2.12. The van der Waals surface area contributed by atoms with Gasteiger partial charge in [-0.25, -0.2) is 0 Å². The summed E-state index contributed by atoms with van der Waals surface area (Å²) in [4.78, 5) is 11.9. The van der Waals surface area contributed by atoms with Crippen LogP contribution in [0.25, 0.3) is 0 Å². The Morgan fingerprint density at radius 3 is 2.59 bits per heavy atom. The van der Waals surface area contributed by atoms with Gasteiger partial charge in [0.15, 0.2) is 0 Å². The van der Waals surface area contributed by atoms with Gasteiger partial charge in [0.2, 0.25) is 0 Å². The van der Waals surface area contributed by atoms with Crippen LogP contribution in [0.4, 0.5) is 0 Å². The van der Waals surface area contributed by atoms with E-state index in [1.807, 2.05) is 26.0 Å². The maximum absolute atomic E-state index is 11.9. The molecule has 0 saturated carbocycles. The summed E-state index contributed by atoms with van der Waals surface area (Å²) < 4.78 is 7.10. The number of aliphatic hydroxyl groups excluding tert-OH is 1. The maximum atomic E-state index is 11.9. The minimum Gasteiger partial charge on any atom is -0.491 e. The van der Waals surface area contributed by atoms with E-state index in [9.17, 15) is 9.90 Å². The summed E-state index contributed by atoms with van der Waals surface area (Å²) in [6.45, 7) is 4.05. The molecule has 2 N–H and O–H groups in total. The second-order valence-electron chi connectivity index (χ2n) is 5.36. The zero-order chi connectivity index (χ0) is 16.1. The van der Waals surface area contributed by atoms with Crippen molar-refractivity contribution in [1.82, 2.24) is 15.1 Å². The highest BCUT2D eigenvalue weighted by molar-refractivity contribution is 5.93. The number of aliphatic hydroxyl groups is 1. The molecule has 1 amide bonds. The first-order valence-electron chi connectivity index (χ1n) is 7.17. The molecule has 2 rings (SSSR count). The second-order valence-corrected chi connectivity index (χ2v) is 5.36. The van der Waals surface area contributed by atoms with Crippen molar-refractivity contribution in [2.75, 3.05) is 6.54 Å². The van der Waals surface area contributed by atoms with Crippen LogP contribution in [0, 0.1) is 0 Å². The van der Waals surface area contributed by atoms with Gasteiger partial charge in [-0.1, -0.05) is 12.1 Å². The number of nitrogens with one attached hydrogen (secondary N) is 1. The number of hydrogen-bond donors (Lipinski definition) is 2. The van der Waals surface area contributed by atoms with Crippen molar-refractivity contribution in [1.29, 1.82) is 0 Å². The van der Waals surface area contributed by atoms with E-state index >= 15 is 0 Å².